The van der Waals surface area contributed by atoms with E-state index in [1.165, 1.54) is 6.07 Å². The van der Waals surface area contributed by atoms with Crippen molar-refractivity contribution in [3.8, 4) is 0 Å². The molecule has 2 rings (SSSR count). The summed E-state index contributed by atoms with van der Waals surface area (Å²) in [6, 6.07) is 9.61. The molecule has 0 aliphatic rings. The van der Waals surface area contributed by atoms with Crippen LogP contribution in [0.3, 0.4) is 0 Å². The van der Waals surface area contributed by atoms with Gasteiger partial charge in [0.15, 0.2) is 11.6 Å². The number of pyridine rings is 1. The van der Waals surface area contributed by atoms with Gasteiger partial charge >= 0.3 is 0 Å². The third-order valence-corrected chi connectivity index (χ3v) is 3.24. The third-order valence-electron chi connectivity index (χ3n) is 3.24. The first-order chi connectivity index (χ1) is 8.99. The zero-order valence-electron chi connectivity index (χ0n) is 11.2. The van der Waals surface area contributed by atoms with Gasteiger partial charge in [0, 0.05) is 12.7 Å². The Balaban J connectivity index is 2.27. The average Bonchev–Trinajstić information content (AvgIpc) is 2.40. The standard InChI is InChI=1S/C15H16F2N2/c1-10-5-4-6-15(18-10)19(3)11(2)12-7-8-13(16)14(17)9-12/h4-9,11H,1-3H3. The topological polar surface area (TPSA) is 16.1 Å². The van der Waals surface area contributed by atoms with E-state index in [-0.39, 0.29) is 6.04 Å². The monoisotopic (exact) mass is 262 g/mol. The maximum Gasteiger partial charge on any atom is 0.159 e. The van der Waals surface area contributed by atoms with Crippen molar-refractivity contribution in [1.82, 2.24) is 4.98 Å². The Hall–Kier alpha value is -1.97. The first-order valence-corrected chi connectivity index (χ1v) is 6.10. The van der Waals surface area contributed by atoms with Crippen molar-refractivity contribution in [1.29, 1.82) is 0 Å². The highest BCUT2D eigenvalue weighted by Crippen LogP contribution is 2.24. The van der Waals surface area contributed by atoms with E-state index in [0.717, 1.165) is 17.6 Å². The number of benzene rings is 1. The summed E-state index contributed by atoms with van der Waals surface area (Å²) >= 11 is 0. The van der Waals surface area contributed by atoms with Gasteiger partial charge in [0.2, 0.25) is 0 Å². The molecule has 100 valence electrons. The predicted octanol–water partition coefficient (Wildman–Crippen LogP) is 3.87. The van der Waals surface area contributed by atoms with Crippen LogP contribution in [0.4, 0.5) is 14.6 Å². The van der Waals surface area contributed by atoms with Crippen LogP contribution >= 0.6 is 0 Å². The molecule has 19 heavy (non-hydrogen) atoms. The molecule has 0 aliphatic carbocycles. The van der Waals surface area contributed by atoms with Crippen LogP contribution in [0.5, 0.6) is 0 Å². The van der Waals surface area contributed by atoms with Gasteiger partial charge in [-0.2, -0.15) is 0 Å². The van der Waals surface area contributed by atoms with Gasteiger partial charge in [-0.15, -0.1) is 0 Å². The van der Waals surface area contributed by atoms with Gasteiger partial charge in [0.1, 0.15) is 5.82 Å². The number of rotatable bonds is 3. The van der Waals surface area contributed by atoms with Crippen LogP contribution in [0, 0.1) is 18.6 Å². The molecular weight excluding hydrogens is 246 g/mol. The summed E-state index contributed by atoms with van der Waals surface area (Å²) < 4.78 is 26.2. The molecule has 0 aliphatic heterocycles. The SMILES string of the molecule is Cc1cccc(N(C)C(C)c2ccc(F)c(F)c2)n1. The lowest BCUT2D eigenvalue weighted by atomic mass is 10.1. The molecule has 2 aromatic rings. The van der Waals surface area contributed by atoms with Crippen molar-refractivity contribution in [3.05, 3.63) is 59.3 Å². The first-order valence-electron chi connectivity index (χ1n) is 6.10. The van der Waals surface area contributed by atoms with Crippen molar-refractivity contribution in [3.63, 3.8) is 0 Å². The van der Waals surface area contributed by atoms with E-state index in [9.17, 15) is 8.78 Å². The summed E-state index contributed by atoms with van der Waals surface area (Å²) in [5, 5.41) is 0. The highest BCUT2D eigenvalue weighted by molar-refractivity contribution is 5.41. The van der Waals surface area contributed by atoms with Gasteiger partial charge in [-0.25, -0.2) is 13.8 Å². The lowest BCUT2D eigenvalue weighted by Gasteiger charge is -2.26. The second kappa shape index (κ2) is 5.34. The number of hydrogen-bond donors (Lipinski definition) is 0. The van der Waals surface area contributed by atoms with Gasteiger partial charge in [0.05, 0.1) is 6.04 Å². The van der Waals surface area contributed by atoms with Crippen LogP contribution in [0.15, 0.2) is 36.4 Å². The lowest BCUT2D eigenvalue weighted by molar-refractivity contribution is 0.505. The second-order valence-electron chi connectivity index (χ2n) is 4.60. The van der Waals surface area contributed by atoms with E-state index in [1.54, 1.807) is 6.07 Å². The Kier molecular flexibility index (Phi) is 3.79. The molecule has 4 heteroatoms. The number of aromatic nitrogens is 1. The highest BCUT2D eigenvalue weighted by atomic mass is 19.2. The number of halogens is 2. The predicted molar refractivity (Wildman–Crippen MR) is 72.2 cm³/mol. The summed E-state index contributed by atoms with van der Waals surface area (Å²) in [4.78, 5) is 6.35. The summed E-state index contributed by atoms with van der Waals surface area (Å²) in [6.45, 7) is 3.84. The van der Waals surface area contributed by atoms with Crippen molar-refractivity contribution in [2.24, 2.45) is 0 Å². The highest BCUT2D eigenvalue weighted by Gasteiger charge is 2.15. The molecule has 1 heterocycles. The summed E-state index contributed by atoms with van der Waals surface area (Å²) in [7, 11) is 1.88. The van der Waals surface area contributed by atoms with Gasteiger partial charge in [0.25, 0.3) is 0 Å². The van der Waals surface area contributed by atoms with Crippen LogP contribution < -0.4 is 4.90 Å². The van der Waals surface area contributed by atoms with E-state index >= 15 is 0 Å². The van der Waals surface area contributed by atoms with Crippen LogP contribution in [0.25, 0.3) is 0 Å². The second-order valence-corrected chi connectivity index (χ2v) is 4.60. The molecule has 1 atom stereocenters. The minimum atomic E-state index is -0.827. The van der Waals surface area contributed by atoms with Gasteiger partial charge in [-0.1, -0.05) is 12.1 Å². The number of aryl methyl sites for hydroxylation is 1. The molecule has 0 N–H and O–H groups in total. The number of hydrogen-bond acceptors (Lipinski definition) is 2. The van der Waals surface area contributed by atoms with Crippen LogP contribution in [0.1, 0.15) is 24.2 Å². The van der Waals surface area contributed by atoms with Crippen molar-refractivity contribution in [2.45, 2.75) is 19.9 Å². The fourth-order valence-electron chi connectivity index (χ4n) is 1.92. The summed E-state index contributed by atoms with van der Waals surface area (Å²) in [5.41, 5.74) is 1.63. The van der Waals surface area contributed by atoms with E-state index in [0.29, 0.717) is 5.56 Å². The zero-order chi connectivity index (χ0) is 14.0. The molecule has 1 unspecified atom stereocenters. The van der Waals surface area contributed by atoms with Crippen LogP contribution in [-0.2, 0) is 0 Å². The minimum Gasteiger partial charge on any atom is -0.353 e. The largest absolute Gasteiger partial charge is 0.353 e. The fraction of sp³-hybridized carbons (Fsp3) is 0.267. The lowest BCUT2D eigenvalue weighted by Crippen LogP contribution is -2.22. The minimum absolute atomic E-state index is 0.0931. The Bertz CT molecular complexity index is 584. The molecule has 0 amide bonds. The summed E-state index contributed by atoms with van der Waals surface area (Å²) in [5.74, 6) is -0.848. The van der Waals surface area contributed by atoms with Crippen LogP contribution in [0.2, 0.25) is 0 Å². The maximum absolute atomic E-state index is 13.3. The quantitative estimate of drug-likeness (QED) is 0.834. The molecule has 0 saturated heterocycles. The normalized spacial score (nSPS) is 12.3. The molecular formula is C15H16F2N2. The maximum atomic E-state index is 13.3. The van der Waals surface area contributed by atoms with Gasteiger partial charge in [-0.3, -0.25) is 0 Å². The van der Waals surface area contributed by atoms with E-state index < -0.39 is 11.6 Å². The Labute approximate surface area is 111 Å². The van der Waals surface area contributed by atoms with Crippen molar-refractivity contribution >= 4 is 5.82 Å². The fourth-order valence-corrected chi connectivity index (χ4v) is 1.92. The van der Waals surface area contributed by atoms with E-state index in [2.05, 4.69) is 4.98 Å². The summed E-state index contributed by atoms with van der Waals surface area (Å²) in [6.07, 6.45) is 0. The molecule has 0 spiro atoms. The van der Waals surface area contributed by atoms with E-state index in [4.69, 9.17) is 0 Å². The molecule has 0 bridgehead atoms. The Morgan fingerprint density at radius 1 is 1.11 bits per heavy atom. The number of anilines is 1. The zero-order valence-corrected chi connectivity index (χ0v) is 11.2. The number of nitrogens with zero attached hydrogens (tertiary/aromatic N) is 2. The molecule has 0 radical (unpaired) electrons. The van der Waals surface area contributed by atoms with Gasteiger partial charge < -0.3 is 4.90 Å². The van der Waals surface area contributed by atoms with Crippen molar-refractivity contribution < 1.29 is 8.78 Å². The first kappa shape index (κ1) is 13.5. The molecule has 1 aromatic heterocycles. The third kappa shape index (κ3) is 2.89. The van der Waals surface area contributed by atoms with E-state index in [1.807, 2.05) is 44.0 Å². The molecule has 0 saturated carbocycles. The smallest absolute Gasteiger partial charge is 0.159 e. The van der Waals surface area contributed by atoms with Gasteiger partial charge in [-0.05, 0) is 43.7 Å². The Morgan fingerprint density at radius 2 is 1.84 bits per heavy atom. The molecule has 1 aromatic carbocycles. The Morgan fingerprint density at radius 3 is 2.47 bits per heavy atom. The van der Waals surface area contributed by atoms with Crippen LogP contribution in [-0.4, -0.2) is 12.0 Å². The van der Waals surface area contributed by atoms with Crippen molar-refractivity contribution in [2.75, 3.05) is 11.9 Å². The average molecular weight is 262 g/mol. The molecule has 2 nitrogen and oxygen atoms in total. The molecule has 0 fully saturated rings.